The number of hydrogen-bond donors (Lipinski definition) is 1. The predicted octanol–water partition coefficient (Wildman–Crippen LogP) is 1.45. The van der Waals surface area contributed by atoms with E-state index in [0.29, 0.717) is 25.3 Å². The second-order valence-corrected chi connectivity index (χ2v) is 3.33. The molecule has 0 amide bonds. The Morgan fingerprint density at radius 2 is 2.14 bits per heavy atom. The van der Waals surface area contributed by atoms with Gasteiger partial charge in [-0.1, -0.05) is 12.1 Å². The average molecular weight is 199 g/mol. The first kappa shape index (κ1) is 9.55. The molecule has 0 spiro atoms. The van der Waals surface area contributed by atoms with Crippen molar-refractivity contribution >= 4 is 0 Å². The molecule has 2 rings (SSSR count). The Morgan fingerprint density at radius 1 is 1.36 bits per heavy atom. The molecule has 0 aromatic heterocycles. The van der Waals surface area contributed by atoms with Gasteiger partial charge in [0.15, 0.2) is 11.6 Å². The summed E-state index contributed by atoms with van der Waals surface area (Å²) in [5.41, 5.74) is 0.358. The fourth-order valence-electron chi connectivity index (χ4n) is 1.29. The van der Waals surface area contributed by atoms with Crippen LogP contribution in [0.15, 0.2) is 18.2 Å². The van der Waals surface area contributed by atoms with Gasteiger partial charge in [-0.15, -0.1) is 0 Å². The summed E-state index contributed by atoms with van der Waals surface area (Å²) < 4.78 is 30.8. The summed E-state index contributed by atoms with van der Waals surface area (Å²) in [6.45, 7) is 1.64. The molecule has 1 heterocycles. The molecule has 4 heteroatoms. The van der Waals surface area contributed by atoms with Crippen LogP contribution in [0.4, 0.5) is 8.78 Å². The molecule has 0 bridgehead atoms. The Balaban J connectivity index is 1.97. The first-order chi connectivity index (χ1) is 6.77. The van der Waals surface area contributed by atoms with E-state index in [9.17, 15) is 8.78 Å². The Hall–Kier alpha value is -1.00. The minimum absolute atomic E-state index is 0.276. The van der Waals surface area contributed by atoms with E-state index in [-0.39, 0.29) is 6.04 Å². The monoisotopic (exact) mass is 199 g/mol. The Labute approximate surface area is 80.9 Å². The lowest BCUT2D eigenvalue weighted by atomic mass is 10.2. The highest BCUT2D eigenvalue weighted by atomic mass is 19.2. The van der Waals surface area contributed by atoms with Crippen molar-refractivity contribution in [3.05, 3.63) is 35.4 Å². The van der Waals surface area contributed by atoms with Gasteiger partial charge >= 0.3 is 0 Å². The van der Waals surface area contributed by atoms with Gasteiger partial charge in [-0.05, 0) is 6.07 Å². The summed E-state index contributed by atoms with van der Waals surface area (Å²) in [4.78, 5) is 0. The molecule has 1 aliphatic heterocycles. The summed E-state index contributed by atoms with van der Waals surface area (Å²) in [6, 6.07) is 4.47. The summed E-state index contributed by atoms with van der Waals surface area (Å²) >= 11 is 0. The normalized spacial score (nSPS) is 16.7. The van der Waals surface area contributed by atoms with Crippen LogP contribution in [0.3, 0.4) is 0 Å². The van der Waals surface area contributed by atoms with E-state index >= 15 is 0 Å². The largest absolute Gasteiger partial charge is 0.378 e. The van der Waals surface area contributed by atoms with Crippen molar-refractivity contribution in [2.75, 3.05) is 13.2 Å². The van der Waals surface area contributed by atoms with Crippen LogP contribution in [0.25, 0.3) is 0 Å². The SMILES string of the molecule is Fc1cccc(CNC2COC2)c1F. The minimum atomic E-state index is -0.797. The first-order valence-electron chi connectivity index (χ1n) is 4.51. The van der Waals surface area contributed by atoms with Crippen LogP contribution >= 0.6 is 0 Å². The number of ether oxygens (including phenoxy) is 1. The highest BCUT2D eigenvalue weighted by Gasteiger charge is 2.18. The number of benzene rings is 1. The standard InChI is InChI=1S/C10H11F2NO/c11-9-3-1-2-7(10(9)12)4-13-8-5-14-6-8/h1-3,8,13H,4-6H2. The van der Waals surface area contributed by atoms with E-state index in [1.165, 1.54) is 6.07 Å². The first-order valence-corrected chi connectivity index (χ1v) is 4.51. The highest BCUT2D eigenvalue weighted by molar-refractivity contribution is 5.18. The quantitative estimate of drug-likeness (QED) is 0.795. The van der Waals surface area contributed by atoms with Crippen molar-refractivity contribution in [1.82, 2.24) is 5.32 Å². The summed E-state index contributed by atoms with van der Waals surface area (Å²) in [7, 11) is 0. The van der Waals surface area contributed by atoms with Gasteiger partial charge in [0.1, 0.15) is 0 Å². The zero-order chi connectivity index (χ0) is 9.97. The number of nitrogens with one attached hydrogen (secondary N) is 1. The second kappa shape index (κ2) is 4.02. The molecule has 1 fully saturated rings. The molecule has 0 atom stereocenters. The van der Waals surface area contributed by atoms with Crippen LogP contribution in [0.5, 0.6) is 0 Å². The lowest BCUT2D eigenvalue weighted by molar-refractivity contribution is -0.00590. The lowest BCUT2D eigenvalue weighted by Gasteiger charge is -2.27. The minimum Gasteiger partial charge on any atom is -0.378 e. The van der Waals surface area contributed by atoms with Gasteiger partial charge in [-0.3, -0.25) is 0 Å². The molecule has 1 aromatic rings. The maximum Gasteiger partial charge on any atom is 0.163 e. The Bertz CT molecular complexity index is 326. The van der Waals surface area contributed by atoms with E-state index < -0.39 is 11.6 Å². The molecule has 0 saturated carbocycles. The van der Waals surface area contributed by atoms with E-state index in [2.05, 4.69) is 5.32 Å². The maximum absolute atomic E-state index is 13.1. The zero-order valence-electron chi connectivity index (χ0n) is 7.59. The second-order valence-electron chi connectivity index (χ2n) is 3.33. The lowest BCUT2D eigenvalue weighted by Crippen LogP contribution is -2.45. The van der Waals surface area contributed by atoms with Crippen molar-refractivity contribution in [2.24, 2.45) is 0 Å². The van der Waals surface area contributed by atoms with Crippen LogP contribution in [0.2, 0.25) is 0 Å². The van der Waals surface area contributed by atoms with E-state index in [0.717, 1.165) is 6.07 Å². The van der Waals surface area contributed by atoms with Crippen molar-refractivity contribution in [2.45, 2.75) is 12.6 Å². The molecule has 0 radical (unpaired) electrons. The predicted molar refractivity (Wildman–Crippen MR) is 47.8 cm³/mol. The Morgan fingerprint density at radius 3 is 2.79 bits per heavy atom. The summed E-state index contributed by atoms with van der Waals surface area (Å²) in [5.74, 6) is -1.56. The smallest absolute Gasteiger partial charge is 0.163 e. The third-order valence-electron chi connectivity index (χ3n) is 2.25. The maximum atomic E-state index is 13.1. The molecule has 1 saturated heterocycles. The van der Waals surface area contributed by atoms with Crippen LogP contribution in [-0.2, 0) is 11.3 Å². The Kier molecular flexibility index (Phi) is 2.74. The van der Waals surface area contributed by atoms with Gasteiger partial charge < -0.3 is 10.1 Å². The number of halogens is 2. The number of rotatable bonds is 3. The average Bonchev–Trinajstić information content (AvgIpc) is 2.09. The fourth-order valence-corrected chi connectivity index (χ4v) is 1.29. The molecule has 14 heavy (non-hydrogen) atoms. The van der Waals surface area contributed by atoms with Gasteiger partial charge in [-0.2, -0.15) is 0 Å². The molecule has 1 N–H and O–H groups in total. The van der Waals surface area contributed by atoms with Crippen molar-refractivity contribution in [3.63, 3.8) is 0 Å². The number of hydrogen-bond acceptors (Lipinski definition) is 2. The molecule has 0 unspecified atom stereocenters. The van der Waals surface area contributed by atoms with Gasteiger partial charge in [0.25, 0.3) is 0 Å². The molecule has 2 nitrogen and oxygen atoms in total. The van der Waals surface area contributed by atoms with Crippen LogP contribution < -0.4 is 5.32 Å². The third-order valence-corrected chi connectivity index (χ3v) is 2.25. The summed E-state index contributed by atoms with van der Waals surface area (Å²) in [5, 5.41) is 3.07. The van der Waals surface area contributed by atoms with E-state index in [4.69, 9.17) is 4.74 Å². The highest BCUT2D eigenvalue weighted by Crippen LogP contribution is 2.11. The molecule has 1 aliphatic rings. The fraction of sp³-hybridized carbons (Fsp3) is 0.400. The molecule has 1 aromatic carbocycles. The van der Waals surface area contributed by atoms with Gasteiger partial charge in [0.05, 0.1) is 19.3 Å². The van der Waals surface area contributed by atoms with Crippen LogP contribution in [-0.4, -0.2) is 19.3 Å². The van der Waals surface area contributed by atoms with Crippen molar-refractivity contribution < 1.29 is 13.5 Å². The van der Waals surface area contributed by atoms with Crippen LogP contribution in [0.1, 0.15) is 5.56 Å². The van der Waals surface area contributed by atoms with E-state index in [1.54, 1.807) is 6.07 Å². The van der Waals surface area contributed by atoms with Gasteiger partial charge in [-0.25, -0.2) is 8.78 Å². The van der Waals surface area contributed by atoms with Crippen molar-refractivity contribution in [1.29, 1.82) is 0 Å². The van der Waals surface area contributed by atoms with Crippen molar-refractivity contribution in [3.8, 4) is 0 Å². The molecular formula is C10H11F2NO. The summed E-state index contributed by atoms with van der Waals surface area (Å²) in [6.07, 6.45) is 0. The molecule has 0 aliphatic carbocycles. The topological polar surface area (TPSA) is 21.3 Å². The van der Waals surface area contributed by atoms with Gasteiger partial charge in [0, 0.05) is 12.1 Å². The molecular weight excluding hydrogens is 188 g/mol. The van der Waals surface area contributed by atoms with E-state index in [1.807, 2.05) is 0 Å². The third kappa shape index (κ3) is 1.91. The molecule has 76 valence electrons. The van der Waals surface area contributed by atoms with Crippen LogP contribution in [0, 0.1) is 11.6 Å². The van der Waals surface area contributed by atoms with Gasteiger partial charge in [0.2, 0.25) is 0 Å². The zero-order valence-corrected chi connectivity index (χ0v) is 7.59.